The Morgan fingerprint density at radius 3 is 2.29 bits per heavy atom. The molecule has 0 rings (SSSR count). The minimum atomic E-state index is -4.89. The molecule has 0 heterocycles. The Balaban J connectivity index is 3.36. The molecule has 0 aliphatic heterocycles. The molecular weight excluding hydrogens is 126 g/mol. The second-order valence-corrected chi connectivity index (χ2v) is 1.74. The Morgan fingerprint density at radius 1 is 1.86 bits per heavy atom. The summed E-state index contributed by atoms with van der Waals surface area (Å²) >= 11 is 0. The maximum absolute atomic E-state index is 11.2. The van der Waals surface area contributed by atoms with E-state index in [1.807, 2.05) is 0 Å². The Morgan fingerprint density at radius 2 is 2.29 bits per heavy atom. The minimum absolute atomic E-state index is 0.933. The van der Waals surface area contributed by atoms with Crippen LogP contribution in [-0.4, -0.2) is 12.0 Å². The van der Waals surface area contributed by atoms with E-state index in [2.05, 4.69) is 9.56 Å². The molecule has 0 aromatic rings. The lowest BCUT2D eigenvalue weighted by Gasteiger charge is -1.93. The van der Waals surface area contributed by atoms with E-state index in [1.54, 1.807) is 0 Å². The first-order chi connectivity index (χ1) is 3.06. The molecule has 4 nitrogen and oxygen atoms in total. The predicted octanol–water partition coefficient (Wildman–Crippen LogP) is 0.634. The zero-order valence-corrected chi connectivity index (χ0v) is 4.39. The van der Waals surface area contributed by atoms with Gasteiger partial charge in [-0.25, -0.2) is 9.45 Å². The second-order valence-electron chi connectivity index (χ2n) is 0.693. The van der Waals surface area contributed by atoms with Crippen LogP contribution in [-0.2, 0) is 14.1 Å². The van der Waals surface area contributed by atoms with E-state index in [-0.39, 0.29) is 0 Å². The van der Waals surface area contributed by atoms with Crippen LogP contribution in [0.3, 0.4) is 0 Å². The van der Waals surface area contributed by atoms with E-state index in [0.29, 0.717) is 0 Å². The van der Waals surface area contributed by atoms with Crippen molar-refractivity contribution in [3.63, 3.8) is 0 Å². The smallest absolute Gasteiger partial charge is 0.298 e. The first kappa shape index (κ1) is 7.04. The van der Waals surface area contributed by atoms with Crippen molar-refractivity contribution in [2.75, 3.05) is 7.11 Å². The van der Waals surface area contributed by atoms with E-state index in [0.717, 1.165) is 7.11 Å². The molecule has 1 atom stereocenters. The Kier molecular flexibility index (Phi) is 2.39. The van der Waals surface area contributed by atoms with Gasteiger partial charge in [0.25, 0.3) is 0 Å². The lowest BCUT2D eigenvalue weighted by atomic mass is 11.8. The molecule has 0 fully saturated rings. The number of hydrogen-bond donors (Lipinski definition) is 1. The lowest BCUT2D eigenvalue weighted by molar-refractivity contribution is -0.191. The summed E-state index contributed by atoms with van der Waals surface area (Å²) in [5.41, 5.74) is 0. The van der Waals surface area contributed by atoms with Gasteiger partial charge in [-0.3, -0.25) is 4.89 Å². The molecular formula is CH4FO4P. The van der Waals surface area contributed by atoms with Crippen LogP contribution in [0.4, 0.5) is 4.20 Å². The van der Waals surface area contributed by atoms with Crippen molar-refractivity contribution in [2.24, 2.45) is 0 Å². The first-order valence-electron chi connectivity index (χ1n) is 1.31. The maximum atomic E-state index is 11.2. The molecule has 0 bridgehead atoms. The fraction of sp³-hybridized carbons (Fsp3) is 1.00. The number of halogens is 1. The van der Waals surface area contributed by atoms with Gasteiger partial charge < -0.3 is 0 Å². The van der Waals surface area contributed by atoms with Gasteiger partial charge >= 0.3 is 7.91 Å². The molecule has 0 aliphatic rings. The molecule has 0 saturated carbocycles. The highest BCUT2D eigenvalue weighted by Crippen LogP contribution is 2.42. The van der Waals surface area contributed by atoms with Gasteiger partial charge in [-0.2, -0.15) is 0 Å². The standard InChI is InChI=1S/CH4FO4P/c1-5-6-7(2,3)4/h1H3,(H,3,4). The highest BCUT2D eigenvalue weighted by Gasteiger charge is 2.16. The summed E-state index contributed by atoms with van der Waals surface area (Å²) in [6, 6.07) is 0. The fourth-order valence-electron chi connectivity index (χ4n) is 0.0919. The molecule has 44 valence electrons. The van der Waals surface area contributed by atoms with Crippen LogP contribution in [0.15, 0.2) is 0 Å². The van der Waals surface area contributed by atoms with E-state index in [4.69, 9.17) is 4.89 Å². The van der Waals surface area contributed by atoms with Crippen molar-refractivity contribution in [1.82, 2.24) is 0 Å². The normalized spacial score (nSPS) is 18.7. The van der Waals surface area contributed by atoms with Crippen molar-refractivity contribution >= 4 is 7.91 Å². The van der Waals surface area contributed by atoms with E-state index < -0.39 is 7.91 Å². The molecule has 0 spiro atoms. The third kappa shape index (κ3) is 6.04. The average molecular weight is 130 g/mol. The van der Waals surface area contributed by atoms with Crippen LogP contribution in [0.5, 0.6) is 0 Å². The van der Waals surface area contributed by atoms with Crippen LogP contribution >= 0.6 is 7.91 Å². The number of rotatable bonds is 2. The Labute approximate surface area is 39.4 Å². The topological polar surface area (TPSA) is 55.8 Å². The van der Waals surface area contributed by atoms with E-state index >= 15 is 0 Å². The largest absolute Gasteiger partial charge is 0.537 e. The third-order valence-electron chi connectivity index (χ3n) is 0.166. The van der Waals surface area contributed by atoms with Crippen molar-refractivity contribution in [1.29, 1.82) is 0 Å². The van der Waals surface area contributed by atoms with Gasteiger partial charge in [-0.05, 0) is 0 Å². The quantitative estimate of drug-likeness (QED) is 0.338. The minimum Gasteiger partial charge on any atom is -0.298 e. The zero-order valence-electron chi connectivity index (χ0n) is 3.50. The van der Waals surface area contributed by atoms with E-state index in [1.165, 1.54) is 0 Å². The first-order valence-corrected chi connectivity index (χ1v) is 2.78. The van der Waals surface area contributed by atoms with Crippen molar-refractivity contribution in [2.45, 2.75) is 0 Å². The van der Waals surface area contributed by atoms with Gasteiger partial charge in [0.05, 0.1) is 7.11 Å². The predicted molar refractivity (Wildman–Crippen MR) is 19.0 cm³/mol. The van der Waals surface area contributed by atoms with Gasteiger partial charge in [0, 0.05) is 0 Å². The highest BCUT2D eigenvalue weighted by molar-refractivity contribution is 7.46. The Bertz CT molecular complexity index is 85.7. The molecule has 0 aromatic heterocycles. The zero-order chi connectivity index (χ0) is 5.91. The lowest BCUT2D eigenvalue weighted by Crippen LogP contribution is -1.79. The molecule has 6 heteroatoms. The summed E-state index contributed by atoms with van der Waals surface area (Å²) in [6.45, 7) is 0. The molecule has 7 heavy (non-hydrogen) atoms. The Hall–Kier alpha value is 0.0400. The van der Waals surface area contributed by atoms with Crippen LogP contribution in [0.1, 0.15) is 0 Å². The SMILES string of the molecule is COOP(=O)(O)F. The van der Waals surface area contributed by atoms with E-state index in [9.17, 15) is 8.76 Å². The molecule has 0 aromatic carbocycles. The molecule has 1 unspecified atom stereocenters. The highest BCUT2D eigenvalue weighted by atomic mass is 31.2. The van der Waals surface area contributed by atoms with Gasteiger partial charge in [0.2, 0.25) is 0 Å². The summed E-state index contributed by atoms with van der Waals surface area (Å²) in [5, 5.41) is 0. The van der Waals surface area contributed by atoms with Crippen LogP contribution in [0, 0.1) is 0 Å². The van der Waals surface area contributed by atoms with Crippen LogP contribution in [0.25, 0.3) is 0 Å². The maximum Gasteiger partial charge on any atom is 0.537 e. The van der Waals surface area contributed by atoms with Gasteiger partial charge in [-0.15, -0.1) is 8.87 Å². The van der Waals surface area contributed by atoms with Crippen molar-refractivity contribution in [3.05, 3.63) is 0 Å². The van der Waals surface area contributed by atoms with Gasteiger partial charge in [0.15, 0.2) is 0 Å². The summed E-state index contributed by atoms with van der Waals surface area (Å²) in [7, 11) is -3.95. The van der Waals surface area contributed by atoms with Crippen LogP contribution in [0.2, 0.25) is 0 Å². The van der Waals surface area contributed by atoms with Crippen LogP contribution < -0.4 is 0 Å². The third-order valence-corrected chi connectivity index (χ3v) is 0.499. The number of hydrogen-bond acceptors (Lipinski definition) is 3. The fourth-order valence-corrected chi connectivity index (χ4v) is 0.276. The summed E-state index contributed by atoms with van der Waals surface area (Å²) in [5.74, 6) is 0. The summed E-state index contributed by atoms with van der Waals surface area (Å²) in [6.07, 6.45) is 0. The summed E-state index contributed by atoms with van der Waals surface area (Å²) in [4.78, 5) is 11.1. The van der Waals surface area contributed by atoms with Gasteiger partial charge in [-0.1, -0.05) is 0 Å². The molecule has 0 amide bonds. The second kappa shape index (κ2) is 2.37. The van der Waals surface area contributed by atoms with Crippen molar-refractivity contribution in [3.8, 4) is 0 Å². The molecule has 0 radical (unpaired) electrons. The molecule has 0 aliphatic carbocycles. The summed E-state index contributed by atoms with van der Waals surface area (Å²) < 4.78 is 23.7. The monoisotopic (exact) mass is 130 g/mol. The molecule has 1 N–H and O–H groups in total. The molecule has 0 saturated heterocycles. The van der Waals surface area contributed by atoms with Crippen molar-refractivity contribution < 1.29 is 23.2 Å². The average Bonchev–Trinajstić information content (AvgIpc) is 1.30. The van der Waals surface area contributed by atoms with Gasteiger partial charge in [0.1, 0.15) is 0 Å².